The van der Waals surface area contributed by atoms with Crippen molar-refractivity contribution in [2.45, 2.75) is 12.8 Å². The van der Waals surface area contributed by atoms with E-state index in [-0.39, 0.29) is 10.7 Å². The number of rotatable bonds is 1. The third-order valence-electron chi connectivity index (χ3n) is 2.17. The number of hydrogen-bond donors (Lipinski definition) is 1. The lowest BCUT2D eigenvalue weighted by atomic mass is 10.0. The van der Waals surface area contributed by atoms with Gasteiger partial charge in [0.1, 0.15) is 5.15 Å². The first-order valence-electron chi connectivity index (χ1n) is 4.28. The summed E-state index contributed by atoms with van der Waals surface area (Å²) in [5, 5.41) is 8.88. The van der Waals surface area contributed by atoms with E-state index in [1.54, 1.807) is 6.07 Å². The van der Waals surface area contributed by atoms with Crippen LogP contribution in [0, 0.1) is 0 Å². The van der Waals surface area contributed by atoms with Gasteiger partial charge in [-0.05, 0) is 30.5 Å². The molecule has 2 rings (SSSR count). The predicted octanol–water partition coefficient (Wildman–Crippen LogP) is 2.39. The van der Waals surface area contributed by atoms with Gasteiger partial charge in [0.15, 0.2) is 0 Å². The molecule has 1 aliphatic carbocycles. The van der Waals surface area contributed by atoms with E-state index < -0.39 is 5.97 Å². The number of nitrogens with zero attached hydrogens (tertiary/aromatic N) is 1. The van der Waals surface area contributed by atoms with Gasteiger partial charge in [-0.1, -0.05) is 17.7 Å². The summed E-state index contributed by atoms with van der Waals surface area (Å²) in [7, 11) is 0. The molecule has 0 unspecified atom stereocenters. The third kappa shape index (κ3) is 1.51. The van der Waals surface area contributed by atoms with Crippen molar-refractivity contribution < 1.29 is 9.90 Å². The van der Waals surface area contributed by atoms with Crippen molar-refractivity contribution >= 4 is 23.6 Å². The molecule has 0 fully saturated rings. The molecule has 1 aliphatic rings. The molecule has 1 aromatic rings. The van der Waals surface area contributed by atoms with Gasteiger partial charge in [0.05, 0.1) is 11.3 Å². The zero-order valence-electron chi connectivity index (χ0n) is 7.33. The Bertz CT molecular complexity index is 426. The van der Waals surface area contributed by atoms with Crippen molar-refractivity contribution in [3.63, 3.8) is 0 Å². The van der Waals surface area contributed by atoms with Crippen LogP contribution in [0.15, 0.2) is 12.1 Å². The molecule has 1 aromatic heterocycles. The second-order valence-corrected chi connectivity index (χ2v) is 3.48. The van der Waals surface area contributed by atoms with Gasteiger partial charge in [0, 0.05) is 0 Å². The van der Waals surface area contributed by atoms with Gasteiger partial charge in [-0.2, -0.15) is 0 Å². The molecular formula is C10H8ClNO2. The summed E-state index contributed by atoms with van der Waals surface area (Å²) < 4.78 is 0. The number of aryl methyl sites for hydroxylation is 1. The van der Waals surface area contributed by atoms with Crippen molar-refractivity contribution in [3.8, 4) is 0 Å². The van der Waals surface area contributed by atoms with Crippen LogP contribution in [-0.2, 0) is 6.42 Å². The number of aromatic carboxylic acids is 1. The number of halogens is 1. The lowest BCUT2D eigenvalue weighted by Gasteiger charge is -2.10. The molecule has 0 bridgehead atoms. The second-order valence-electron chi connectivity index (χ2n) is 3.12. The Kier molecular flexibility index (Phi) is 2.25. The van der Waals surface area contributed by atoms with Crippen LogP contribution in [0.4, 0.5) is 0 Å². The van der Waals surface area contributed by atoms with Crippen LogP contribution in [-0.4, -0.2) is 16.1 Å². The van der Waals surface area contributed by atoms with Gasteiger partial charge in [-0.25, -0.2) is 9.78 Å². The monoisotopic (exact) mass is 209 g/mol. The Morgan fingerprint density at radius 2 is 2.36 bits per heavy atom. The highest BCUT2D eigenvalue weighted by Crippen LogP contribution is 2.23. The lowest BCUT2D eigenvalue weighted by molar-refractivity contribution is 0.0696. The molecule has 0 amide bonds. The summed E-state index contributed by atoms with van der Waals surface area (Å²) in [6.07, 6.45) is 5.63. The molecule has 0 radical (unpaired) electrons. The molecule has 0 saturated carbocycles. The molecule has 0 saturated heterocycles. The zero-order valence-corrected chi connectivity index (χ0v) is 8.08. The largest absolute Gasteiger partial charge is 0.478 e. The molecule has 72 valence electrons. The van der Waals surface area contributed by atoms with Crippen molar-refractivity contribution in [2.75, 3.05) is 0 Å². The quantitative estimate of drug-likeness (QED) is 0.723. The highest BCUT2D eigenvalue weighted by molar-refractivity contribution is 6.32. The SMILES string of the molecule is O=C(O)c1cc2c(nc1Cl)C=CCC2. The third-order valence-corrected chi connectivity index (χ3v) is 2.46. The molecule has 4 heteroatoms. The number of pyridine rings is 1. The smallest absolute Gasteiger partial charge is 0.338 e. The Hall–Kier alpha value is -1.35. The van der Waals surface area contributed by atoms with Crippen LogP contribution >= 0.6 is 11.6 Å². The van der Waals surface area contributed by atoms with Crippen LogP contribution in [0.5, 0.6) is 0 Å². The van der Waals surface area contributed by atoms with Crippen LogP contribution in [0.2, 0.25) is 5.15 Å². The number of aromatic nitrogens is 1. The number of carbonyl (C=O) groups is 1. The first-order valence-corrected chi connectivity index (χ1v) is 4.65. The van der Waals surface area contributed by atoms with E-state index in [1.807, 2.05) is 12.2 Å². The molecule has 0 aliphatic heterocycles. The summed E-state index contributed by atoms with van der Waals surface area (Å²) in [4.78, 5) is 14.8. The normalized spacial score (nSPS) is 13.8. The maximum absolute atomic E-state index is 10.8. The van der Waals surface area contributed by atoms with Crippen molar-refractivity contribution in [2.24, 2.45) is 0 Å². The van der Waals surface area contributed by atoms with Gasteiger partial charge in [0.25, 0.3) is 0 Å². The summed E-state index contributed by atoms with van der Waals surface area (Å²) in [5.41, 5.74) is 1.82. The van der Waals surface area contributed by atoms with Gasteiger partial charge >= 0.3 is 5.97 Å². The maximum Gasteiger partial charge on any atom is 0.338 e. The number of carboxylic acid groups (broad SMARTS) is 1. The zero-order chi connectivity index (χ0) is 10.1. The fourth-order valence-electron chi connectivity index (χ4n) is 1.47. The summed E-state index contributed by atoms with van der Waals surface area (Å²) in [6, 6.07) is 1.61. The van der Waals surface area contributed by atoms with Crippen molar-refractivity contribution in [1.82, 2.24) is 4.98 Å². The fourth-order valence-corrected chi connectivity index (χ4v) is 1.70. The van der Waals surface area contributed by atoms with Crippen LogP contribution in [0.25, 0.3) is 6.08 Å². The maximum atomic E-state index is 10.8. The topological polar surface area (TPSA) is 50.2 Å². The van der Waals surface area contributed by atoms with Gasteiger partial charge in [-0.3, -0.25) is 0 Å². The van der Waals surface area contributed by atoms with Crippen LogP contribution < -0.4 is 0 Å². The predicted molar refractivity (Wildman–Crippen MR) is 53.6 cm³/mol. The lowest BCUT2D eigenvalue weighted by Crippen LogP contribution is -2.05. The Morgan fingerprint density at radius 3 is 3.07 bits per heavy atom. The van der Waals surface area contributed by atoms with Gasteiger partial charge in [-0.15, -0.1) is 0 Å². The highest BCUT2D eigenvalue weighted by Gasteiger charge is 2.15. The molecule has 1 N–H and O–H groups in total. The first kappa shape index (κ1) is 9.21. The minimum atomic E-state index is -1.03. The Morgan fingerprint density at radius 1 is 1.57 bits per heavy atom. The molecule has 0 aromatic carbocycles. The van der Waals surface area contributed by atoms with Crippen molar-refractivity contribution in [1.29, 1.82) is 0 Å². The molecule has 14 heavy (non-hydrogen) atoms. The number of fused-ring (bicyclic) bond motifs is 1. The Balaban J connectivity index is 2.57. The summed E-state index contributed by atoms with van der Waals surface area (Å²) in [6.45, 7) is 0. The number of allylic oxidation sites excluding steroid dienone is 1. The van der Waals surface area contributed by atoms with Gasteiger partial charge < -0.3 is 5.11 Å². The van der Waals surface area contributed by atoms with E-state index in [0.29, 0.717) is 0 Å². The Labute approximate surface area is 86.0 Å². The van der Waals surface area contributed by atoms with Crippen molar-refractivity contribution in [3.05, 3.63) is 34.1 Å². The summed E-state index contributed by atoms with van der Waals surface area (Å²) >= 11 is 5.73. The number of hydrogen-bond acceptors (Lipinski definition) is 2. The molecule has 3 nitrogen and oxygen atoms in total. The average Bonchev–Trinajstić information content (AvgIpc) is 2.16. The van der Waals surface area contributed by atoms with E-state index in [4.69, 9.17) is 16.7 Å². The van der Waals surface area contributed by atoms with E-state index >= 15 is 0 Å². The highest BCUT2D eigenvalue weighted by atomic mass is 35.5. The first-order chi connectivity index (χ1) is 6.68. The summed E-state index contributed by atoms with van der Waals surface area (Å²) in [5.74, 6) is -1.03. The van der Waals surface area contributed by atoms with E-state index in [0.717, 1.165) is 24.1 Å². The minimum Gasteiger partial charge on any atom is -0.478 e. The molecule has 1 heterocycles. The van der Waals surface area contributed by atoms with E-state index in [1.165, 1.54) is 0 Å². The van der Waals surface area contributed by atoms with E-state index in [9.17, 15) is 4.79 Å². The van der Waals surface area contributed by atoms with Crippen LogP contribution in [0.3, 0.4) is 0 Å². The van der Waals surface area contributed by atoms with Gasteiger partial charge in [0.2, 0.25) is 0 Å². The molecule has 0 spiro atoms. The molecular weight excluding hydrogens is 202 g/mol. The molecule has 0 atom stereocenters. The van der Waals surface area contributed by atoms with E-state index in [2.05, 4.69) is 4.98 Å². The second kappa shape index (κ2) is 3.42. The minimum absolute atomic E-state index is 0.0581. The van der Waals surface area contributed by atoms with Crippen LogP contribution in [0.1, 0.15) is 28.0 Å². The average molecular weight is 210 g/mol. The fraction of sp³-hybridized carbons (Fsp3) is 0.200. The number of carboxylic acids is 1. The standard InChI is InChI=1S/C10H8ClNO2/c11-9-7(10(13)14)5-6-3-1-2-4-8(6)12-9/h2,4-5H,1,3H2,(H,13,14).